The van der Waals surface area contributed by atoms with Crippen LogP contribution in [0.1, 0.15) is 40.5 Å². The first kappa shape index (κ1) is 57.9. The van der Waals surface area contributed by atoms with Gasteiger partial charge in [-0.3, -0.25) is 0 Å². The van der Waals surface area contributed by atoms with Crippen molar-refractivity contribution >= 4 is 232 Å². The minimum absolute atomic E-state index is 0.0215. The van der Waals surface area contributed by atoms with Gasteiger partial charge in [0, 0.05) is 5.56 Å². The number of hydrogen-bond donors (Lipinski definition) is 0. The van der Waals surface area contributed by atoms with E-state index in [0.29, 0.717) is 11.1 Å². The van der Waals surface area contributed by atoms with E-state index in [1.807, 2.05) is 31.2 Å². The van der Waals surface area contributed by atoms with Gasteiger partial charge in [0.05, 0.1) is 21.2 Å². The lowest BCUT2D eigenvalue weighted by molar-refractivity contribution is 0.586. The molecule has 0 radical (unpaired) electrons. The Morgan fingerprint density at radius 1 is 0.338 bits per heavy atom. The van der Waals surface area contributed by atoms with Crippen LogP contribution in [0.2, 0.25) is 10.0 Å². The van der Waals surface area contributed by atoms with Gasteiger partial charge in [0.2, 0.25) is 22.8 Å². The van der Waals surface area contributed by atoms with Crippen LogP contribution in [0.4, 0.5) is 8.78 Å². The molecule has 0 atom stereocenters. The third-order valence-corrected chi connectivity index (χ3v) is 10.8. The molecule has 3 aromatic carbocycles. The van der Waals surface area contributed by atoms with Gasteiger partial charge in [0.15, 0.2) is 52.4 Å². The lowest BCUT2D eigenvalue weighted by Gasteiger charge is -2.16. The number of nitrogens with zero attached hydrogens (tertiary/aromatic N) is 9. The second-order valence-corrected chi connectivity index (χ2v) is 26.5. The zero-order valence-corrected chi connectivity index (χ0v) is 45.7. The van der Waals surface area contributed by atoms with Crippen LogP contribution in [0.25, 0.3) is 34.2 Å². The minimum atomic E-state index is -2.11. The highest BCUT2D eigenvalue weighted by Gasteiger charge is 2.37. The molecule has 3 aromatic heterocycles. The lowest BCUT2D eigenvalue weighted by atomic mass is 10.1. The SMILES string of the molecule is Cc1ccc(-c2nc(C(Cl)(Cl)Cl)nc(C(Cl)(Cl)Cl)n2)cc1.Clc1cccc(Cl)c1-c1nc(C(Cl)(Cl)Cl)nc(C(Cl)(Cl)Cl)n1.Fc1cccc(F)c1-c1nc(C(Cl)(Cl)Cl)nc(C(Cl)(Cl)Cl)n1. The van der Waals surface area contributed by atoms with Crippen molar-refractivity contribution in [3.05, 3.63) is 123 Å². The molecule has 0 amide bonds. The van der Waals surface area contributed by atoms with E-state index in [-0.39, 0.29) is 45.0 Å². The molecule has 0 saturated carbocycles. The molecule has 0 unspecified atom stereocenters. The summed E-state index contributed by atoms with van der Waals surface area (Å²) in [6, 6.07) is 15.4. The van der Waals surface area contributed by atoms with Crippen molar-refractivity contribution in [1.82, 2.24) is 44.9 Å². The van der Waals surface area contributed by atoms with Gasteiger partial charge >= 0.3 is 0 Å². The largest absolute Gasteiger partial charge is 0.250 e. The average molecular weight is 1290 g/mol. The van der Waals surface area contributed by atoms with Crippen molar-refractivity contribution in [1.29, 1.82) is 0 Å². The smallest absolute Gasteiger partial charge is 0.209 e. The highest BCUT2D eigenvalue weighted by Crippen LogP contribution is 2.44. The normalized spacial score (nSPS) is 12.5. The van der Waals surface area contributed by atoms with Crippen LogP contribution >= 0.6 is 232 Å². The standard InChI is InChI=1S/C12H7Cl6N3.C11H3Cl8N3.C11H3Cl6F2N3/c1-6-2-4-7(5-3-6)8-19-9(11(13,14)15)21-10(20-8)12(16,17)18;12-4-2-1-3-5(13)6(4)7-20-8(10(14,15)16)22-9(21-7)11(17,18)19;12-10(13,14)8-20-7(21-9(22-8)11(15,16)17)6-4(18)2-1-3-5(6)19/h2-5H,1H3;2*1-3H. The fourth-order valence-corrected chi connectivity index (χ4v) is 6.45. The molecule has 0 aliphatic rings. The first-order valence-electron chi connectivity index (χ1n) is 16.2. The highest BCUT2D eigenvalue weighted by molar-refractivity contribution is 6.69. The number of benzene rings is 3. The Bertz CT molecular complexity index is 2390. The topological polar surface area (TPSA) is 116 Å². The van der Waals surface area contributed by atoms with Gasteiger partial charge in [-0.15, -0.1) is 0 Å². The number of hydrogen-bond acceptors (Lipinski definition) is 9. The quantitative estimate of drug-likeness (QED) is 0.160. The summed E-state index contributed by atoms with van der Waals surface area (Å²) in [6.07, 6.45) is 0. The van der Waals surface area contributed by atoms with Crippen LogP contribution in [-0.2, 0) is 22.8 Å². The predicted molar refractivity (Wildman–Crippen MR) is 266 cm³/mol. The van der Waals surface area contributed by atoms with Gasteiger partial charge < -0.3 is 0 Å². The Balaban J connectivity index is 0.000000213. The fraction of sp³-hybridized carbons (Fsp3) is 0.206. The van der Waals surface area contributed by atoms with E-state index in [0.717, 1.165) is 17.7 Å². The maximum absolute atomic E-state index is 13.9. The molecular weight excluding hydrogens is 1280 g/mol. The summed E-state index contributed by atoms with van der Waals surface area (Å²) in [5.41, 5.74) is 1.51. The zero-order chi connectivity index (χ0) is 49.2. The number of aromatic nitrogens is 9. The Kier molecular flexibility index (Phi) is 20.3. The van der Waals surface area contributed by atoms with E-state index in [4.69, 9.17) is 232 Å². The van der Waals surface area contributed by atoms with Crippen LogP contribution in [0, 0.1) is 18.6 Å². The second kappa shape index (κ2) is 22.8. The number of halogens is 22. The van der Waals surface area contributed by atoms with Crippen molar-refractivity contribution < 1.29 is 8.78 Å². The van der Waals surface area contributed by atoms with E-state index in [9.17, 15) is 8.78 Å². The maximum atomic E-state index is 13.9. The molecule has 0 fully saturated rings. The first-order valence-corrected chi connectivity index (χ1v) is 23.8. The van der Waals surface area contributed by atoms with Gasteiger partial charge in [-0.2, -0.15) is 0 Å². The van der Waals surface area contributed by atoms with Crippen molar-refractivity contribution in [2.24, 2.45) is 0 Å². The third-order valence-electron chi connectivity index (χ3n) is 7.11. The molecular formula is C34H13Cl20F2N9. The Hall–Kier alpha value is 0.350. The predicted octanol–water partition coefficient (Wildman–Crippen LogP) is 17.5. The molecule has 0 aliphatic carbocycles. The van der Waals surface area contributed by atoms with Crippen molar-refractivity contribution in [2.45, 2.75) is 29.7 Å². The second-order valence-electron chi connectivity index (χ2n) is 12.0. The summed E-state index contributed by atoms with van der Waals surface area (Å²) >= 11 is 116. The van der Waals surface area contributed by atoms with Crippen LogP contribution in [0.3, 0.4) is 0 Å². The van der Waals surface area contributed by atoms with Crippen molar-refractivity contribution in [3.8, 4) is 34.2 Å². The Labute approximate surface area is 467 Å². The van der Waals surface area contributed by atoms with Crippen molar-refractivity contribution in [3.63, 3.8) is 0 Å². The molecule has 0 N–H and O–H groups in total. The summed E-state index contributed by atoms with van der Waals surface area (Å²) in [5.74, 6) is -3.60. The van der Waals surface area contributed by atoms with Gasteiger partial charge in [-0.1, -0.05) is 274 Å². The summed E-state index contributed by atoms with van der Waals surface area (Å²) in [6.45, 7) is 1.96. The van der Waals surface area contributed by atoms with E-state index in [2.05, 4.69) is 44.9 Å². The van der Waals surface area contributed by atoms with Gasteiger partial charge in [0.1, 0.15) is 11.6 Å². The molecule has 65 heavy (non-hydrogen) atoms. The monoisotopic (exact) mass is 1280 g/mol. The van der Waals surface area contributed by atoms with Crippen LogP contribution < -0.4 is 0 Å². The number of aryl methyl sites for hydroxylation is 1. The van der Waals surface area contributed by atoms with Crippen LogP contribution in [0.15, 0.2) is 60.7 Å². The fourth-order valence-electron chi connectivity index (χ4n) is 4.37. The maximum Gasteiger partial charge on any atom is 0.250 e. The summed E-state index contributed by atoms with van der Waals surface area (Å²) < 4.78 is 15.9. The molecule has 9 nitrogen and oxygen atoms in total. The van der Waals surface area contributed by atoms with Gasteiger partial charge in [-0.05, 0) is 31.2 Å². The summed E-state index contributed by atoms with van der Waals surface area (Å²) in [7, 11) is 0. The average Bonchev–Trinajstić information content (AvgIpc) is 3.16. The molecule has 0 saturated heterocycles. The summed E-state index contributed by atoms with van der Waals surface area (Å²) in [4.78, 5) is 35.3. The minimum Gasteiger partial charge on any atom is -0.209 e. The molecule has 0 bridgehead atoms. The molecule has 3 heterocycles. The molecule has 6 rings (SSSR count). The first-order chi connectivity index (χ1) is 29.6. The molecule has 31 heteroatoms. The number of rotatable bonds is 3. The van der Waals surface area contributed by atoms with E-state index >= 15 is 0 Å². The van der Waals surface area contributed by atoms with E-state index in [1.54, 1.807) is 18.2 Å². The van der Waals surface area contributed by atoms with Crippen LogP contribution in [0.5, 0.6) is 0 Å². The van der Waals surface area contributed by atoms with Crippen molar-refractivity contribution in [2.75, 3.05) is 0 Å². The summed E-state index contributed by atoms with van der Waals surface area (Å²) in [5, 5.41) is 0.563. The highest BCUT2D eigenvalue weighted by atomic mass is 35.6. The Morgan fingerprint density at radius 3 is 0.892 bits per heavy atom. The van der Waals surface area contributed by atoms with E-state index in [1.165, 1.54) is 6.07 Å². The number of alkyl halides is 18. The van der Waals surface area contributed by atoms with Gasteiger partial charge in [0.25, 0.3) is 0 Å². The molecule has 6 aromatic rings. The molecule has 0 aliphatic heterocycles. The molecule has 348 valence electrons. The third kappa shape index (κ3) is 16.7. The van der Waals surface area contributed by atoms with Gasteiger partial charge in [-0.25, -0.2) is 53.6 Å². The van der Waals surface area contributed by atoms with Crippen LogP contribution in [-0.4, -0.2) is 44.9 Å². The zero-order valence-electron chi connectivity index (χ0n) is 30.6. The Morgan fingerprint density at radius 2 is 0.600 bits per heavy atom. The lowest BCUT2D eigenvalue weighted by Crippen LogP contribution is -2.17. The molecule has 0 spiro atoms. The van der Waals surface area contributed by atoms with E-state index < -0.39 is 57.4 Å².